The van der Waals surface area contributed by atoms with Gasteiger partial charge in [-0.05, 0) is 24.6 Å². The van der Waals surface area contributed by atoms with Gasteiger partial charge in [0.05, 0.1) is 5.69 Å². The lowest BCUT2D eigenvalue weighted by molar-refractivity contribution is 0.112. The van der Waals surface area contributed by atoms with E-state index >= 15 is 0 Å². The van der Waals surface area contributed by atoms with Gasteiger partial charge in [0, 0.05) is 12.6 Å². The number of nitrogens with one attached hydrogen (secondary N) is 2. The lowest BCUT2D eigenvalue weighted by Crippen LogP contribution is -2.16. The molecule has 0 bridgehead atoms. The van der Waals surface area contributed by atoms with Crippen molar-refractivity contribution in [3.05, 3.63) is 29.3 Å². The van der Waals surface area contributed by atoms with Crippen molar-refractivity contribution >= 4 is 12.0 Å². The standard InChI is InChI=1S/C9H12N2O/c1-7-3-4-8(6-12)9(5-7)11-10-2/h3-6,10-11H,1-2H3. The first-order valence-corrected chi connectivity index (χ1v) is 3.76. The predicted molar refractivity (Wildman–Crippen MR) is 49.2 cm³/mol. The quantitative estimate of drug-likeness (QED) is 0.523. The van der Waals surface area contributed by atoms with Crippen molar-refractivity contribution in [2.45, 2.75) is 6.92 Å². The van der Waals surface area contributed by atoms with E-state index in [1.54, 1.807) is 13.1 Å². The summed E-state index contributed by atoms with van der Waals surface area (Å²) >= 11 is 0. The first-order valence-electron chi connectivity index (χ1n) is 3.76. The maximum Gasteiger partial charge on any atom is 0.152 e. The minimum absolute atomic E-state index is 0.662. The number of aldehydes is 1. The van der Waals surface area contributed by atoms with Crippen molar-refractivity contribution in [3.63, 3.8) is 0 Å². The van der Waals surface area contributed by atoms with Crippen LogP contribution in [0.25, 0.3) is 0 Å². The van der Waals surface area contributed by atoms with E-state index in [4.69, 9.17) is 0 Å². The molecule has 0 heterocycles. The van der Waals surface area contributed by atoms with Gasteiger partial charge in [0.1, 0.15) is 0 Å². The summed E-state index contributed by atoms with van der Waals surface area (Å²) in [6.07, 6.45) is 0.832. The zero-order valence-electron chi connectivity index (χ0n) is 7.22. The summed E-state index contributed by atoms with van der Waals surface area (Å²) in [6.45, 7) is 1.98. The number of hydrazine groups is 1. The molecule has 0 fully saturated rings. The zero-order valence-corrected chi connectivity index (χ0v) is 7.22. The molecular formula is C9H12N2O. The Bertz CT molecular complexity index is 284. The van der Waals surface area contributed by atoms with Crippen LogP contribution in [0.15, 0.2) is 18.2 Å². The SMILES string of the molecule is CNNc1cc(C)ccc1C=O. The summed E-state index contributed by atoms with van der Waals surface area (Å²) < 4.78 is 0. The van der Waals surface area contributed by atoms with Gasteiger partial charge in [0.25, 0.3) is 0 Å². The lowest BCUT2D eigenvalue weighted by atomic mass is 10.1. The van der Waals surface area contributed by atoms with Gasteiger partial charge in [-0.15, -0.1) is 0 Å². The van der Waals surface area contributed by atoms with Crippen LogP contribution >= 0.6 is 0 Å². The number of hydrogen-bond donors (Lipinski definition) is 2. The Hall–Kier alpha value is -1.35. The molecule has 0 aromatic heterocycles. The third-order valence-electron chi connectivity index (χ3n) is 1.60. The van der Waals surface area contributed by atoms with Gasteiger partial charge >= 0.3 is 0 Å². The number of benzene rings is 1. The van der Waals surface area contributed by atoms with Crippen LogP contribution in [0, 0.1) is 6.92 Å². The molecule has 1 aromatic carbocycles. The van der Waals surface area contributed by atoms with Gasteiger partial charge in [-0.25, -0.2) is 5.43 Å². The Kier molecular flexibility index (Phi) is 2.82. The fourth-order valence-electron chi connectivity index (χ4n) is 1.02. The van der Waals surface area contributed by atoms with Gasteiger partial charge in [-0.3, -0.25) is 4.79 Å². The predicted octanol–water partition coefficient (Wildman–Crippen LogP) is 1.35. The van der Waals surface area contributed by atoms with E-state index in [2.05, 4.69) is 10.9 Å². The second kappa shape index (κ2) is 3.88. The molecule has 0 radical (unpaired) electrons. The van der Waals surface area contributed by atoms with Crippen LogP contribution in [0.3, 0.4) is 0 Å². The normalized spacial score (nSPS) is 9.50. The van der Waals surface area contributed by atoms with Gasteiger partial charge < -0.3 is 5.43 Å². The lowest BCUT2D eigenvalue weighted by Gasteiger charge is -2.07. The molecule has 12 heavy (non-hydrogen) atoms. The maximum absolute atomic E-state index is 10.5. The number of rotatable bonds is 3. The molecule has 1 rings (SSSR count). The molecule has 0 unspecified atom stereocenters. The molecule has 1 aromatic rings. The number of hydrogen-bond acceptors (Lipinski definition) is 3. The van der Waals surface area contributed by atoms with E-state index in [9.17, 15) is 4.79 Å². The largest absolute Gasteiger partial charge is 0.321 e. The monoisotopic (exact) mass is 164 g/mol. The minimum atomic E-state index is 0.662. The van der Waals surface area contributed by atoms with E-state index in [0.29, 0.717) is 5.56 Å². The molecule has 3 nitrogen and oxygen atoms in total. The zero-order chi connectivity index (χ0) is 8.97. The number of aryl methyl sites for hydroxylation is 1. The highest BCUT2D eigenvalue weighted by atomic mass is 16.1. The van der Waals surface area contributed by atoms with Crippen LogP contribution in [0.4, 0.5) is 5.69 Å². The van der Waals surface area contributed by atoms with Crippen molar-refractivity contribution in [3.8, 4) is 0 Å². The molecular weight excluding hydrogens is 152 g/mol. The minimum Gasteiger partial charge on any atom is -0.321 e. The first-order chi connectivity index (χ1) is 5.77. The molecule has 0 saturated heterocycles. The summed E-state index contributed by atoms with van der Waals surface area (Å²) in [7, 11) is 1.76. The smallest absolute Gasteiger partial charge is 0.152 e. The maximum atomic E-state index is 10.5. The Balaban J connectivity index is 3.03. The van der Waals surface area contributed by atoms with Crippen LogP contribution in [0.1, 0.15) is 15.9 Å². The van der Waals surface area contributed by atoms with Crippen molar-refractivity contribution < 1.29 is 4.79 Å². The molecule has 0 aliphatic heterocycles. The Morgan fingerprint density at radius 2 is 2.17 bits per heavy atom. The van der Waals surface area contributed by atoms with E-state index in [1.165, 1.54) is 0 Å². The van der Waals surface area contributed by atoms with Crippen molar-refractivity contribution in [2.24, 2.45) is 0 Å². The van der Waals surface area contributed by atoms with Crippen LogP contribution in [-0.2, 0) is 0 Å². The van der Waals surface area contributed by atoms with Crippen molar-refractivity contribution in [1.82, 2.24) is 5.43 Å². The van der Waals surface area contributed by atoms with Gasteiger partial charge in [-0.2, -0.15) is 0 Å². The molecule has 0 aliphatic rings. The van der Waals surface area contributed by atoms with Gasteiger partial charge in [0.15, 0.2) is 6.29 Å². The fraction of sp³-hybridized carbons (Fsp3) is 0.222. The summed E-state index contributed by atoms with van der Waals surface area (Å²) in [6, 6.07) is 5.62. The molecule has 0 atom stereocenters. The Morgan fingerprint density at radius 1 is 1.42 bits per heavy atom. The highest BCUT2D eigenvalue weighted by Gasteiger charge is 1.98. The number of carbonyl (C=O) groups excluding carboxylic acids is 1. The second-order valence-corrected chi connectivity index (χ2v) is 2.58. The summed E-state index contributed by atoms with van der Waals surface area (Å²) in [5.74, 6) is 0. The average Bonchev–Trinajstić information content (AvgIpc) is 2.05. The highest BCUT2D eigenvalue weighted by Crippen LogP contribution is 2.14. The molecule has 0 saturated carbocycles. The molecule has 2 N–H and O–H groups in total. The first kappa shape index (κ1) is 8.74. The van der Waals surface area contributed by atoms with E-state index in [1.807, 2.05) is 19.1 Å². The van der Waals surface area contributed by atoms with E-state index < -0.39 is 0 Å². The topological polar surface area (TPSA) is 41.1 Å². The third-order valence-corrected chi connectivity index (χ3v) is 1.60. The summed E-state index contributed by atoms with van der Waals surface area (Å²) in [4.78, 5) is 10.5. The second-order valence-electron chi connectivity index (χ2n) is 2.58. The molecule has 0 spiro atoms. The summed E-state index contributed by atoms with van der Waals surface area (Å²) in [5, 5.41) is 0. The molecule has 0 aliphatic carbocycles. The van der Waals surface area contributed by atoms with Crippen LogP contribution in [0.5, 0.6) is 0 Å². The molecule has 64 valence electrons. The van der Waals surface area contributed by atoms with Crippen LogP contribution < -0.4 is 10.9 Å². The number of carbonyl (C=O) groups is 1. The van der Waals surface area contributed by atoms with Gasteiger partial charge in [0.2, 0.25) is 0 Å². The third kappa shape index (κ3) is 1.83. The van der Waals surface area contributed by atoms with E-state index in [-0.39, 0.29) is 0 Å². The van der Waals surface area contributed by atoms with Crippen molar-refractivity contribution in [1.29, 1.82) is 0 Å². The Morgan fingerprint density at radius 3 is 2.75 bits per heavy atom. The summed E-state index contributed by atoms with van der Waals surface area (Å²) in [5.41, 5.74) is 8.26. The molecule has 3 heteroatoms. The Labute approximate surface area is 71.8 Å². The van der Waals surface area contributed by atoms with Crippen LogP contribution in [-0.4, -0.2) is 13.3 Å². The van der Waals surface area contributed by atoms with Crippen LogP contribution in [0.2, 0.25) is 0 Å². The number of anilines is 1. The van der Waals surface area contributed by atoms with E-state index in [0.717, 1.165) is 17.5 Å². The highest BCUT2D eigenvalue weighted by molar-refractivity contribution is 5.84. The average molecular weight is 164 g/mol. The van der Waals surface area contributed by atoms with Crippen molar-refractivity contribution in [2.75, 3.05) is 12.5 Å². The fourth-order valence-corrected chi connectivity index (χ4v) is 1.02. The van der Waals surface area contributed by atoms with Gasteiger partial charge in [-0.1, -0.05) is 6.07 Å². The molecule has 0 amide bonds.